The molecule has 3 amide bonds. The normalized spacial score (nSPS) is 15.7. The van der Waals surface area contributed by atoms with Crippen LogP contribution in [0.25, 0.3) is 6.08 Å². The first kappa shape index (κ1) is 15.8. The Morgan fingerprint density at radius 1 is 1.04 bits per heavy atom. The summed E-state index contributed by atoms with van der Waals surface area (Å²) < 4.78 is 0. The number of amides is 3. The van der Waals surface area contributed by atoms with Gasteiger partial charge in [0, 0.05) is 5.02 Å². The second kappa shape index (κ2) is 6.17. The highest BCUT2D eigenvalue weighted by atomic mass is 35.5. The fourth-order valence-corrected chi connectivity index (χ4v) is 2.37. The standard InChI is InChI=1S/C17H11ClN2O4/c18-12-5-7-13(8-6-12)20-15(21)14(19-17(20)24)9-10-1-3-11(4-2-10)16(22)23/h1-9H,(H,19,24)(H,22,23)/b14-9+. The molecule has 1 heterocycles. The lowest BCUT2D eigenvalue weighted by molar-refractivity contribution is -0.113. The lowest BCUT2D eigenvalue weighted by Crippen LogP contribution is -2.30. The number of aromatic carboxylic acids is 1. The maximum absolute atomic E-state index is 12.4. The van der Waals surface area contributed by atoms with E-state index in [1.54, 1.807) is 36.4 Å². The van der Waals surface area contributed by atoms with Crippen LogP contribution >= 0.6 is 11.6 Å². The Labute approximate surface area is 142 Å². The number of nitrogens with one attached hydrogen (secondary N) is 1. The molecule has 0 aromatic heterocycles. The molecule has 120 valence electrons. The zero-order valence-corrected chi connectivity index (χ0v) is 12.9. The van der Waals surface area contributed by atoms with Crippen LogP contribution in [0.15, 0.2) is 54.2 Å². The van der Waals surface area contributed by atoms with Gasteiger partial charge in [-0.3, -0.25) is 4.79 Å². The molecule has 0 spiro atoms. The highest BCUT2D eigenvalue weighted by molar-refractivity contribution is 6.31. The van der Waals surface area contributed by atoms with E-state index >= 15 is 0 Å². The fourth-order valence-electron chi connectivity index (χ4n) is 2.25. The number of benzene rings is 2. The topological polar surface area (TPSA) is 86.7 Å². The number of urea groups is 1. The largest absolute Gasteiger partial charge is 0.478 e. The van der Waals surface area contributed by atoms with Crippen LogP contribution in [-0.2, 0) is 4.79 Å². The smallest absolute Gasteiger partial charge is 0.335 e. The van der Waals surface area contributed by atoms with E-state index in [1.807, 2.05) is 0 Å². The Kier molecular flexibility index (Phi) is 4.05. The van der Waals surface area contributed by atoms with Gasteiger partial charge in [-0.25, -0.2) is 14.5 Å². The molecule has 0 aliphatic carbocycles. The second-order valence-corrected chi connectivity index (χ2v) is 5.47. The molecule has 2 aromatic rings. The van der Waals surface area contributed by atoms with Crippen molar-refractivity contribution >= 4 is 41.3 Å². The third-order valence-corrected chi connectivity index (χ3v) is 3.68. The molecule has 2 aromatic carbocycles. The lowest BCUT2D eigenvalue weighted by Gasteiger charge is -2.11. The van der Waals surface area contributed by atoms with Gasteiger partial charge in [-0.05, 0) is 48.0 Å². The molecular formula is C17H11ClN2O4. The van der Waals surface area contributed by atoms with Crippen molar-refractivity contribution in [2.24, 2.45) is 0 Å². The highest BCUT2D eigenvalue weighted by Gasteiger charge is 2.34. The summed E-state index contributed by atoms with van der Waals surface area (Å²) in [6, 6.07) is 11.7. The van der Waals surface area contributed by atoms with Gasteiger partial charge in [0.2, 0.25) is 0 Å². The summed E-state index contributed by atoms with van der Waals surface area (Å²) >= 11 is 5.80. The Balaban J connectivity index is 1.87. The van der Waals surface area contributed by atoms with Gasteiger partial charge in [-0.2, -0.15) is 0 Å². The van der Waals surface area contributed by atoms with Crippen LogP contribution in [0.2, 0.25) is 5.02 Å². The molecule has 0 radical (unpaired) electrons. The highest BCUT2D eigenvalue weighted by Crippen LogP contribution is 2.24. The van der Waals surface area contributed by atoms with Crippen LogP contribution in [0.4, 0.5) is 10.5 Å². The number of carboxylic acids is 1. The van der Waals surface area contributed by atoms with Crippen LogP contribution in [0, 0.1) is 0 Å². The summed E-state index contributed by atoms with van der Waals surface area (Å²) in [4.78, 5) is 36.3. The minimum Gasteiger partial charge on any atom is -0.478 e. The Bertz CT molecular complexity index is 857. The minimum atomic E-state index is -1.03. The number of carbonyl (C=O) groups is 3. The van der Waals surface area contributed by atoms with E-state index in [0.717, 1.165) is 4.90 Å². The van der Waals surface area contributed by atoms with Crippen molar-refractivity contribution in [3.8, 4) is 0 Å². The molecular weight excluding hydrogens is 332 g/mol. The van der Waals surface area contributed by atoms with Crippen LogP contribution in [0.5, 0.6) is 0 Å². The molecule has 0 atom stereocenters. The van der Waals surface area contributed by atoms with Crippen molar-refractivity contribution in [1.29, 1.82) is 0 Å². The molecule has 24 heavy (non-hydrogen) atoms. The maximum Gasteiger partial charge on any atom is 0.335 e. The number of rotatable bonds is 3. The molecule has 3 rings (SSSR count). The quantitative estimate of drug-likeness (QED) is 0.662. The van der Waals surface area contributed by atoms with Crippen LogP contribution in [0.3, 0.4) is 0 Å². The number of anilines is 1. The summed E-state index contributed by atoms with van der Waals surface area (Å²) in [5.74, 6) is -1.53. The van der Waals surface area contributed by atoms with E-state index in [1.165, 1.54) is 18.2 Å². The van der Waals surface area contributed by atoms with Crippen LogP contribution in [-0.4, -0.2) is 23.0 Å². The second-order valence-electron chi connectivity index (χ2n) is 5.03. The first-order valence-electron chi connectivity index (χ1n) is 6.92. The predicted octanol–water partition coefficient (Wildman–Crippen LogP) is 3.14. The van der Waals surface area contributed by atoms with E-state index in [9.17, 15) is 14.4 Å². The summed E-state index contributed by atoms with van der Waals surface area (Å²) in [5.41, 5.74) is 1.26. The minimum absolute atomic E-state index is 0.109. The van der Waals surface area contributed by atoms with Gasteiger partial charge < -0.3 is 10.4 Å². The molecule has 6 nitrogen and oxygen atoms in total. The van der Waals surface area contributed by atoms with E-state index in [2.05, 4.69) is 5.32 Å². The molecule has 1 aliphatic heterocycles. The summed E-state index contributed by atoms with van der Waals surface area (Å²) in [6.45, 7) is 0. The van der Waals surface area contributed by atoms with Crippen molar-refractivity contribution in [2.45, 2.75) is 0 Å². The summed E-state index contributed by atoms with van der Waals surface area (Å²) in [7, 11) is 0. The first-order chi connectivity index (χ1) is 11.5. The fraction of sp³-hybridized carbons (Fsp3) is 0. The van der Waals surface area contributed by atoms with Gasteiger partial charge in [-0.15, -0.1) is 0 Å². The van der Waals surface area contributed by atoms with Crippen molar-refractivity contribution in [2.75, 3.05) is 4.90 Å². The third-order valence-electron chi connectivity index (χ3n) is 3.43. The summed E-state index contributed by atoms with van der Waals surface area (Å²) in [6.07, 6.45) is 1.49. The first-order valence-corrected chi connectivity index (χ1v) is 7.29. The Hall–Kier alpha value is -3.12. The number of nitrogens with zero attached hydrogens (tertiary/aromatic N) is 1. The van der Waals surface area contributed by atoms with Gasteiger partial charge in [0.15, 0.2) is 0 Å². The maximum atomic E-state index is 12.4. The Morgan fingerprint density at radius 3 is 2.25 bits per heavy atom. The number of carboxylic acid groups (broad SMARTS) is 1. The monoisotopic (exact) mass is 342 g/mol. The Morgan fingerprint density at radius 2 is 1.67 bits per heavy atom. The number of imide groups is 1. The summed E-state index contributed by atoms with van der Waals surface area (Å²) in [5, 5.41) is 11.9. The van der Waals surface area contributed by atoms with Gasteiger partial charge in [0.05, 0.1) is 11.3 Å². The van der Waals surface area contributed by atoms with E-state index < -0.39 is 17.9 Å². The lowest BCUT2D eigenvalue weighted by atomic mass is 10.1. The molecule has 1 aliphatic rings. The van der Waals surface area contributed by atoms with E-state index in [4.69, 9.17) is 16.7 Å². The van der Waals surface area contributed by atoms with Gasteiger partial charge >= 0.3 is 12.0 Å². The van der Waals surface area contributed by atoms with Crippen LogP contribution < -0.4 is 10.2 Å². The molecule has 1 saturated heterocycles. The zero-order chi connectivity index (χ0) is 17.3. The predicted molar refractivity (Wildman–Crippen MR) is 88.8 cm³/mol. The molecule has 0 bridgehead atoms. The van der Waals surface area contributed by atoms with Crippen molar-refractivity contribution < 1.29 is 19.5 Å². The molecule has 1 fully saturated rings. The SMILES string of the molecule is O=C(O)c1ccc(/C=C2/NC(=O)N(c3ccc(Cl)cc3)C2=O)cc1. The zero-order valence-electron chi connectivity index (χ0n) is 12.2. The molecule has 7 heteroatoms. The number of carbonyl (C=O) groups excluding carboxylic acids is 2. The number of hydrogen-bond acceptors (Lipinski definition) is 3. The van der Waals surface area contributed by atoms with Crippen molar-refractivity contribution in [3.63, 3.8) is 0 Å². The number of halogens is 1. The van der Waals surface area contributed by atoms with Gasteiger partial charge in [0.1, 0.15) is 5.70 Å². The van der Waals surface area contributed by atoms with Gasteiger partial charge in [-0.1, -0.05) is 23.7 Å². The van der Waals surface area contributed by atoms with E-state index in [0.29, 0.717) is 16.3 Å². The van der Waals surface area contributed by atoms with Crippen LogP contribution in [0.1, 0.15) is 15.9 Å². The molecule has 2 N–H and O–H groups in total. The van der Waals surface area contributed by atoms with Gasteiger partial charge in [0.25, 0.3) is 5.91 Å². The molecule has 0 unspecified atom stereocenters. The van der Waals surface area contributed by atoms with Crippen molar-refractivity contribution in [3.05, 3.63) is 70.4 Å². The van der Waals surface area contributed by atoms with E-state index in [-0.39, 0.29) is 11.3 Å². The average molecular weight is 343 g/mol. The van der Waals surface area contributed by atoms with Crippen molar-refractivity contribution in [1.82, 2.24) is 5.32 Å². The third kappa shape index (κ3) is 3.00. The average Bonchev–Trinajstić information content (AvgIpc) is 2.83. The molecule has 0 saturated carbocycles. The number of hydrogen-bond donors (Lipinski definition) is 2.